The van der Waals surface area contributed by atoms with Gasteiger partial charge in [0.05, 0.1) is 28.9 Å². The molecule has 1 fully saturated rings. The van der Waals surface area contributed by atoms with Gasteiger partial charge in [-0.3, -0.25) is 14.5 Å². The van der Waals surface area contributed by atoms with E-state index < -0.39 is 17.7 Å². The summed E-state index contributed by atoms with van der Waals surface area (Å²) in [7, 11) is 1.59. The molecule has 2 aliphatic rings. The van der Waals surface area contributed by atoms with Crippen LogP contribution in [0.25, 0.3) is 16.0 Å². The second-order valence-electron chi connectivity index (χ2n) is 8.86. The molecule has 1 aromatic heterocycles. The predicted octanol–water partition coefficient (Wildman–Crippen LogP) is 5.25. The Morgan fingerprint density at radius 3 is 2.69 bits per heavy atom. The predicted molar refractivity (Wildman–Crippen MR) is 138 cm³/mol. The summed E-state index contributed by atoms with van der Waals surface area (Å²) in [5.41, 5.74) is 2.86. The summed E-state index contributed by atoms with van der Waals surface area (Å²) in [6, 6.07) is 19.2. The Bertz CT molecular complexity index is 1560. The number of methoxy groups -OCH3 is 1. The summed E-state index contributed by atoms with van der Waals surface area (Å²) < 4.78 is 11.9. The number of nitrogens with zero attached hydrogens (tertiary/aromatic N) is 2. The van der Waals surface area contributed by atoms with Gasteiger partial charge in [-0.25, -0.2) is 4.98 Å². The number of thiazole rings is 1. The highest BCUT2D eigenvalue weighted by Gasteiger charge is 2.48. The van der Waals surface area contributed by atoms with E-state index in [9.17, 15) is 14.7 Å². The third-order valence-electron chi connectivity index (χ3n) is 6.52. The molecule has 0 unspecified atom stereocenters. The molecule has 1 saturated heterocycles. The average molecular weight is 499 g/mol. The van der Waals surface area contributed by atoms with Crippen LogP contribution in [0.5, 0.6) is 11.5 Å². The lowest BCUT2D eigenvalue weighted by atomic mass is 9.94. The summed E-state index contributed by atoms with van der Waals surface area (Å²) >= 11 is 1.30. The summed E-state index contributed by atoms with van der Waals surface area (Å²) in [6.45, 7) is 1.98. The van der Waals surface area contributed by atoms with Gasteiger partial charge >= 0.3 is 5.91 Å². The Hall–Kier alpha value is -4.17. The van der Waals surface area contributed by atoms with Crippen LogP contribution in [-0.4, -0.2) is 35.0 Å². The molecule has 2 atom stereocenters. The maximum Gasteiger partial charge on any atom is 0.301 e. The monoisotopic (exact) mass is 498 g/mol. The molecule has 0 aliphatic carbocycles. The third kappa shape index (κ3) is 3.53. The molecule has 2 aliphatic heterocycles. The van der Waals surface area contributed by atoms with Crippen LogP contribution in [0.2, 0.25) is 0 Å². The second-order valence-corrected chi connectivity index (χ2v) is 9.87. The molecule has 0 radical (unpaired) electrons. The van der Waals surface area contributed by atoms with E-state index in [2.05, 4.69) is 4.98 Å². The quantitative estimate of drug-likeness (QED) is 0.235. The summed E-state index contributed by atoms with van der Waals surface area (Å²) in [5.74, 6) is -0.244. The van der Waals surface area contributed by atoms with Crippen molar-refractivity contribution < 1.29 is 24.2 Å². The first-order valence-electron chi connectivity index (χ1n) is 11.5. The van der Waals surface area contributed by atoms with Gasteiger partial charge in [0.2, 0.25) is 0 Å². The van der Waals surface area contributed by atoms with Crippen LogP contribution in [0.4, 0.5) is 5.13 Å². The van der Waals surface area contributed by atoms with Crippen molar-refractivity contribution in [3.05, 3.63) is 89.0 Å². The van der Waals surface area contributed by atoms with Crippen molar-refractivity contribution in [2.45, 2.75) is 25.5 Å². The largest absolute Gasteiger partial charge is 0.507 e. The maximum atomic E-state index is 13.4. The van der Waals surface area contributed by atoms with Crippen molar-refractivity contribution in [3.63, 3.8) is 0 Å². The lowest BCUT2D eigenvalue weighted by Gasteiger charge is -2.23. The topological polar surface area (TPSA) is 89.0 Å². The highest BCUT2D eigenvalue weighted by atomic mass is 32.1. The van der Waals surface area contributed by atoms with E-state index in [4.69, 9.17) is 9.47 Å². The Morgan fingerprint density at radius 1 is 1.11 bits per heavy atom. The fourth-order valence-corrected chi connectivity index (χ4v) is 5.85. The fraction of sp³-hybridized carbons (Fsp3) is 0.179. The van der Waals surface area contributed by atoms with Crippen molar-refractivity contribution in [1.29, 1.82) is 0 Å². The average Bonchev–Trinajstić information content (AvgIpc) is 3.55. The lowest BCUT2D eigenvalue weighted by molar-refractivity contribution is -0.132. The number of ether oxygens (including phenoxy) is 2. The number of anilines is 1. The van der Waals surface area contributed by atoms with Crippen LogP contribution in [0, 0.1) is 0 Å². The van der Waals surface area contributed by atoms with E-state index in [1.165, 1.54) is 16.2 Å². The number of hydrogen-bond acceptors (Lipinski definition) is 7. The summed E-state index contributed by atoms with van der Waals surface area (Å²) in [5, 5.41) is 11.8. The molecule has 1 N–H and O–H groups in total. The van der Waals surface area contributed by atoms with Crippen LogP contribution >= 0.6 is 11.3 Å². The zero-order valence-electron chi connectivity index (χ0n) is 19.6. The molecule has 4 aromatic rings. The van der Waals surface area contributed by atoms with Crippen molar-refractivity contribution >= 4 is 44.1 Å². The minimum atomic E-state index is -0.822. The van der Waals surface area contributed by atoms with Crippen LogP contribution in [0.3, 0.4) is 0 Å². The molecule has 0 saturated carbocycles. The normalized spacial score (nSPS) is 20.6. The second kappa shape index (κ2) is 8.49. The van der Waals surface area contributed by atoms with Gasteiger partial charge in [-0.05, 0) is 54.4 Å². The Morgan fingerprint density at radius 2 is 1.92 bits per heavy atom. The SMILES string of the molecule is COc1ccc2nc(N3C(=O)C(=O)C(=C(O)c4ccc5c(c4)C[C@H](C)O5)[C@H]3c3ccccc3)sc2c1. The van der Waals surface area contributed by atoms with Gasteiger partial charge in [0.15, 0.2) is 5.13 Å². The van der Waals surface area contributed by atoms with Crippen LogP contribution in [-0.2, 0) is 16.0 Å². The van der Waals surface area contributed by atoms with E-state index in [0.29, 0.717) is 33.9 Å². The summed E-state index contributed by atoms with van der Waals surface area (Å²) in [6.07, 6.45) is 0.757. The molecule has 180 valence electrons. The summed E-state index contributed by atoms with van der Waals surface area (Å²) in [4.78, 5) is 32.9. The molecule has 3 heterocycles. The Labute approximate surface area is 211 Å². The number of rotatable bonds is 4. The molecular weight excluding hydrogens is 476 g/mol. The number of aliphatic hydroxyl groups excluding tert-OH is 1. The minimum absolute atomic E-state index is 0.0370. The first kappa shape index (κ1) is 22.3. The molecule has 7 nitrogen and oxygen atoms in total. The number of amides is 1. The fourth-order valence-electron chi connectivity index (χ4n) is 4.83. The zero-order valence-corrected chi connectivity index (χ0v) is 20.4. The molecule has 6 rings (SSSR count). The van der Waals surface area contributed by atoms with Gasteiger partial charge in [0.1, 0.15) is 23.4 Å². The zero-order chi connectivity index (χ0) is 25.0. The minimum Gasteiger partial charge on any atom is -0.507 e. The van der Waals surface area contributed by atoms with E-state index in [1.54, 1.807) is 25.3 Å². The molecule has 0 bridgehead atoms. The first-order valence-corrected chi connectivity index (χ1v) is 12.4. The number of aromatic nitrogens is 1. The van der Waals surface area contributed by atoms with Gasteiger partial charge < -0.3 is 14.6 Å². The molecule has 1 amide bonds. The highest BCUT2D eigenvalue weighted by Crippen LogP contribution is 2.45. The lowest BCUT2D eigenvalue weighted by Crippen LogP contribution is -2.29. The number of ketones is 1. The number of carbonyl (C=O) groups excluding carboxylic acids is 2. The van der Waals surface area contributed by atoms with Gasteiger partial charge in [0, 0.05) is 12.0 Å². The van der Waals surface area contributed by atoms with Gasteiger partial charge in [-0.1, -0.05) is 41.7 Å². The maximum absolute atomic E-state index is 13.4. The Balaban J connectivity index is 1.52. The number of fused-ring (bicyclic) bond motifs is 2. The molecular formula is C28H22N2O5S. The van der Waals surface area contributed by atoms with Crippen LogP contribution < -0.4 is 14.4 Å². The number of carbonyl (C=O) groups is 2. The molecule has 0 spiro atoms. The standard InChI is InChI=1S/C28H22N2O5S/c1-15-12-18-13-17(8-11-21(18)35-15)25(31)23-24(16-6-4-3-5-7-16)30(27(33)26(23)32)28-29-20-10-9-19(34-2)14-22(20)36-28/h3-11,13-15,24,31H,12H2,1-2H3/t15-,24+/m0/s1. The van der Waals surface area contributed by atoms with Crippen molar-refractivity contribution in [3.8, 4) is 11.5 Å². The highest BCUT2D eigenvalue weighted by molar-refractivity contribution is 7.22. The van der Waals surface area contributed by atoms with E-state index in [1.807, 2.05) is 55.5 Å². The van der Waals surface area contributed by atoms with E-state index in [-0.39, 0.29) is 17.4 Å². The number of Topliss-reactive ketones (excluding diaryl/α,β-unsaturated/α-hetero) is 1. The van der Waals surface area contributed by atoms with Crippen molar-refractivity contribution in [2.75, 3.05) is 12.0 Å². The van der Waals surface area contributed by atoms with Crippen LogP contribution in [0.1, 0.15) is 29.7 Å². The van der Waals surface area contributed by atoms with Crippen LogP contribution in [0.15, 0.2) is 72.3 Å². The van der Waals surface area contributed by atoms with E-state index in [0.717, 1.165) is 16.0 Å². The third-order valence-corrected chi connectivity index (χ3v) is 7.54. The van der Waals surface area contributed by atoms with E-state index >= 15 is 0 Å². The molecule has 3 aromatic carbocycles. The molecule has 8 heteroatoms. The first-order chi connectivity index (χ1) is 17.4. The number of benzene rings is 3. The molecule has 36 heavy (non-hydrogen) atoms. The Kier molecular flexibility index (Phi) is 5.26. The van der Waals surface area contributed by atoms with Gasteiger partial charge in [-0.15, -0.1) is 0 Å². The van der Waals surface area contributed by atoms with Gasteiger partial charge in [0.25, 0.3) is 5.78 Å². The van der Waals surface area contributed by atoms with Gasteiger partial charge in [-0.2, -0.15) is 0 Å². The van der Waals surface area contributed by atoms with Crippen molar-refractivity contribution in [1.82, 2.24) is 4.98 Å². The number of aliphatic hydroxyl groups is 1. The van der Waals surface area contributed by atoms with Crippen molar-refractivity contribution in [2.24, 2.45) is 0 Å². The number of hydrogen-bond donors (Lipinski definition) is 1. The smallest absolute Gasteiger partial charge is 0.301 e.